The first-order valence-corrected chi connectivity index (χ1v) is 6.55. The van der Waals surface area contributed by atoms with Crippen molar-refractivity contribution >= 4 is 5.69 Å². The maximum atomic E-state index is 13.4. The Kier molecular flexibility index (Phi) is 3.39. The molecule has 0 unspecified atom stereocenters. The van der Waals surface area contributed by atoms with Crippen LogP contribution in [0.4, 0.5) is 10.1 Å². The van der Waals surface area contributed by atoms with E-state index in [2.05, 4.69) is 10.1 Å². The van der Waals surface area contributed by atoms with Gasteiger partial charge in [-0.15, -0.1) is 0 Å². The topological polar surface area (TPSA) is 64.9 Å². The lowest BCUT2D eigenvalue weighted by atomic mass is 10.1. The number of anilines is 1. The van der Waals surface area contributed by atoms with Crippen LogP contribution in [0.2, 0.25) is 0 Å². The number of aromatic nitrogens is 2. The van der Waals surface area contributed by atoms with Gasteiger partial charge in [0, 0.05) is 12.0 Å². The Bertz CT molecular complexity index is 765. The maximum absolute atomic E-state index is 13.4. The highest BCUT2D eigenvalue weighted by molar-refractivity contribution is 5.57. The third-order valence-electron chi connectivity index (χ3n) is 3.20. The van der Waals surface area contributed by atoms with Crippen molar-refractivity contribution in [1.82, 2.24) is 10.1 Å². The van der Waals surface area contributed by atoms with Crippen LogP contribution in [0.1, 0.15) is 17.0 Å². The summed E-state index contributed by atoms with van der Waals surface area (Å²) >= 11 is 0. The van der Waals surface area contributed by atoms with Gasteiger partial charge in [0.2, 0.25) is 0 Å². The van der Waals surface area contributed by atoms with Crippen LogP contribution in [0.15, 0.2) is 47.0 Å². The normalized spacial score (nSPS) is 10.8. The van der Waals surface area contributed by atoms with E-state index in [9.17, 15) is 4.39 Å². The van der Waals surface area contributed by atoms with Crippen molar-refractivity contribution in [2.24, 2.45) is 0 Å². The quantitative estimate of drug-likeness (QED) is 0.748. The van der Waals surface area contributed by atoms with E-state index in [1.807, 2.05) is 31.2 Å². The number of nitrogens with zero attached hydrogens (tertiary/aromatic N) is 2. The Morgan fingerprint density at radius 3 is 2.62 bits per heavy atom. The molecular weight excluding hydrogens is 269 g/mol. The van der Waals surface area contributed by atoms with Crippen molar-refractivity contribution < 1.29 is 8.91 Å². The van der Waals surface area contributed by atoms with Crippen LogP contribution in [0.5, 0.6) is 0 Å². The number of nitrogen functional groups attached to an aromatic ring is 1. The highest BCUT2D eigenvalue weighted by Gasteiger charge is 2.11. The average molecular weight is 283 g/mol. The molecule has 0 fully saturated rings. The average Bonchev–Trinajstić information content (AvgIpc) is 2.93. The lowest BCUT2D eigenvalue weighted by Crippen LogP contribution is -1.92. The molecule has 2 aromatic carbocycles. The minimum Gasteiger partial charge on any atom is -0.396 e. The van der Waals surface area contributed by atoms with E-state index in [0.717, 1.165) is 5.56 Å². The SMILES string of the molecule is Cc1ccc(Cc2noc(-c3ccc(N)c(F)c3)n2)cc1. The predicted octanol–water partition coefficient (Wildman–Crippen LogP) is 3.36. The molecule has 0 aliphatic rings. The van der Waals surface area contributed by atoms with Gasteiger partial charge in [-0.2, -0.15) is 4.98 Å². The highest BCUT2D eigenvalue weighted by Crippen LogP contribution is 2.22. The van der Waals surface area contributed by atoms with Gasteiger partial charge < -0.3 is 10.3 Å². The lowest BCUT2D eigenvalue weighted by Gasteiger charge is -1.98. The molecule has 0 amide bonds. The number of hydrogen-bond acceptors (Lipinski definition) is 4. The molecule has 1 aromatic heterocycles. The molecule has 0 atom stereocenters. The summed E-state index contributed by atoms with van der Waals surface area (Å²) in [5, 5.41) is 3.92. The first-order valence-electron chi connectivity index (χ1n) is 6.55. The molecule has 5 heteroatoms. The number of nitrogens with two attached hydrogens (primary N) is 1. The largest absolute Gasteiger partial charge is 0.396 e. The molecule has 106 valence electrons. The first kappa shape index (κ1) is 13.3. The summed E-state index contributed by atoms with van der Waals surface area (Å²) in [7, 11) is 0. The van der Waals surface area contributed by atoms with Crippen LogP contribution >= 0.6 is 0 Å². The van der Waals surface area contributed by atoms with Crippen molar-refractivity contribution in [2.45, 2.75) is 13.3 Å². The van der Waals surface area contributed by atoms with E-state index in [-0.39, 0.29) is 11.6 Å². The van der Waals surface area contributed by atoms with Crippen LogP contribution in [0, 0.1) is 12.7 Å². The van der Waals surface area contributed by atoms with Crippen molar-refractivity contribution in [3.63, 3.8) is 0 Å². The van der Waals surface area contributed by atoms with Crippen molar-refractivity contribution in [3.05, 3.63) is 65.2 Å². The summed E-state index contributed by atoms with van der Waals surface area (Å²) in [6.07, 6.45) is 0.571. The van der Waals surface area contributed by atoms with Crippen LogP contribution in [0.25, 0.3) is 11.5 Å². The molecule has 0 saturated heterocycles. The summed E-state index contributed by atoms with van der Waals surface area (Å²) in [6, 6.07) is 12.5. The first-order chi connectivity index (χ1) is 10.1. The van der Waals surface area contributed by atoms with Gasteiger partial charge in [0.1, 0.15) is 5.82 Å². The minimum atomic E-state index is -0.495. The number of aryl methyl sites for hydroxylation is 1. The second-order valence-corrected chi connectivity index (χ2v) is 4.91. The fraction of sp³-hybridized carbons (Fsp3) is 0.125. The third-order valence-corrected chi connectivity index (χ3v) is 3.20. The Morgan fingerprint density at radius 1 is 1.14 bits per heavy atom. The Labute approximate surface area is 121 Å². The van der Waals surface area contributed by atoms with Gasteiger partial charge in [0.05, 0.1) is 5.69 Å². The van der Waals surface area contributed by atoms with Gasteiger partial charge in [-0.05, 0) is 30.7 Å². The Balaban J connectivity index is 1.82. The van der Waals surface area contributed by atoms with E-state index >= 15 is 0 Å². The second kappa shape index (κ2) is 5.36. The van der Waals surface area contributed by atoms with Crippen LogP contribution in [-0.4, -0.2) is 10.1 Å². The van der Waals surface area contributed by atoms with Crippen molar-refractivity contribution in [1.29, 1.82) is 0 Å². The fourth-order valence-corrected chi connectivity index (χ4v) is 1.99. The van der Waals surface area contributed by atoms with Gasteiger partial charge in [-0.1, -0.05) is 35.0 Å². The van der Waals surface area contributed by atoms with Gasteiger partial charge in [0.15, 0.2) is 5.82 Å². The molecule has 4 nitrogen and oxygen atoms in total. The number of halogens is 1. The number of rotatable bonds is 3. The van der Waals surface area contributed by atoms with E-state index < -0.39 is 5.82 Å². The van der Waals surface area contributed by atoms with E-state index in [1.54, 1.807) is 6.07 Å². The Morgan fingerprint density at radius 2 is 1.90 bits per heavy atom. The molecule has 3 rings (SSSR count). The molecule has 1 heterocycles. The molecule has 3 aromatic rings. The van der Waals surface area contributed by atoms with Crippen molar-refractivity contribution in [3.8, 4) is 11.5 Å². The summed E-state index contributed by atoms with van der Waals surface area (Å²) < 4.78 is 18.6. The highest BCUT2D eigenvalue weighted by atomic mass is 19.1. The fourth-order valence-electron chi connectivity index (χ4n) is 1.99. The lowest BCUT2D eigenvalue weighted by molar-refractivity contribution is 0.423. The zero-order chi connectivity index (χ0) is 14.8. The van der Waals surface area contributed by atoms with Gasteiger partial charge >= 0.3 is 0 Å². The van der Waals surface area contributed by atoms with Crippen LogP contribution in [0.3, 0.4) is 0 Å². The van der Waals surface area contributed by atoms with Gasteiger partial charge in [-0.3, -0.25) is 0 Å². The van der Waals surface area contributed by atoms with Crippen LogP contribution in [-0.2, 0) is 6.42 Å². The molecular formula is C16H14FN3O. The second-order valence-electron chi connectivity index (χ2n) is 4.91. The zero-order valence-corrected chi connectivity index (χ0v) is 11.5. The third kappa shape index (κ3) is 2.91. The molecule has 0 saturated carbocycles. The monoisotopic (exact) mass is 283 g/mol. The molecule has 2 N–H and O–H groups in total. The van der Waals surface area contributed by atoms with E-state index in [1.165, 1.54) is 17.7 Å². The summed E-state index contributed by atoms with van der Waals surface area (Å²) in [4.78, 5) is 4.28. The van der Waals surface area contributed by atoms with Gasteiger partial charge in [0.25, 0.3) is 5.89 Å². The standard InChI is InChI=1S/C16H14FN3O/c1-10-2-4-11(5-3-10)8-15-19-16(21-20-15)12-6-7-14(18)13(17)9-12/h2-7,9H,8,18H2,1H3. The molecule has 0 radical (unpaired) electrons. The molecule has 21 heavy (non-hydrogen) atoms. The minimum absolute atomic E-state index is 0.0955. The van der Waals surface area contributed by atoms with Crippen molar-refractivity contribution in [2.75, 3.05) is 5.73 Å². The number of hydrogen-bond donors (Lipinski definition) is 1. The zero-order valence-electron chi connectivity index (χ0n) is 11.5. The summed E-state index contributed by atoms with van der Waals surface area (Å²) in [5.74, 6) is 0.355. The Hall–Kier alpha value is -2.69. The smallest absolute Gasteiger partial charge is 0.258 e. The summed E-state index contributed by atoms with van der Waals surface area (Å²) in [5.41, 5.74) is 8.35. The molecule has 0 bridgehead atoms. The van der Waals surface area contributed by atoms with E-state index in [0.29, 0.717) is 17.8 Å². The molecule has 0 spiro atoms. The maximum Gasteiger partial charge on any atom is 0.258 e. The molecule has 0 aliphatic carbocycles. The molecule has 0 aliphatic heterocycles. The number of benzene rings is 2. The van der Waals surface area contributed by atoms with Gasteiger partial charge in [-0.25, -0.2) is 4.39 Å². The summed E-state index contributed by atoms with van der Waals surface area (Å²) in [6.45, 7) is 2.03. The predicted molar refractivity (Wildman–Crippen MR) is 78.1 cm³/mol. The van der Waals surface area contributed by atoms with Crippen LogP contribution < -0.4 is 5.73 Å². The van der Waals surface area contributed by atoms with E-state index in [4.69, 9.17) is 10.3 Å².